The number of carbonyl (C=O) groups excluding carboxylic acids is 2. The van der Waals surface area contributed by atoms with Gasteiger partial charge in [0.15, 0.2) is 12.4 Å². The van der Waals surface area contributed by atoms with Gasteiger partial charge in [0.05, 0.1) is 6.10 Å². The van der Waals surface area contributed by atoms with Crippen LogP contribution in [0.25, 0.3) is 0 Å². The van der Waals surface area contributed by atoms with E-state index >= 15 is 0 Å². The predicted molar refractivity (Wildman–Crippen MR) is 176 cm³/mol. The van der Waals surface area contributed by atoms with Gasteiger partial charge in [0.2, 0.25) is 0 Å². The van der Waals surface area contributed by atoms with E-state index < -0.39 is 30.4 Å². The topological polar surface area (TPSA) is 71.1 Å². The van der Waals surface area contributed by atoms with Crippen LogP contribution in [0.2, 0.25) is 0 Å². The number of esters is 2. The normalized spacial score (nSPS) is 41.2. The molecule has 1 aliphatic heterocycles. The Bertz CT molecular complexity index is 1090. The van der Waals surface area contributed by atoms with E-state index in [2.05, 4.69) is 56.4 Å². The Balaban J connectivity index is 1.24. The van der Waals surface area contributed by atoms with Gasteiger partial charge in [-0.3, -0.25) is 9.59 Å². The summed E-state index contributed by atoms with van der Waals surface area (Å²) in [6.45, 7) is 12.9. The van der Waals surface area contributed by atoms with Gasteiger partial charge in [-0.25, -0.2) is 0 Å². The van der Waals surface area contributed by atoms with Crippen molar-refractivity contribution in [3.63, 3.8) is 0 Å². The molecule has 11 atom stereocenters. The minimum Gasteiger partial charge on any atom is -0.463 e. The molecule has 5 rings (SSSR count). The molecular formula is C36H55IO6. The van der Waals surface area contributed by atoms with Gasteiger partial charge >= 0.3 is 11.9 Å². The smallest absolute Gasteiger partial charge is 0.303 e. The molecule has 0 amide bonds. The number of ether oxygens (including phenoxy) is 4. The Morgan fingerprint density at radius 3 is 2.58 bits per heavy atom. The van der Waals surface area contributed by atoms with Gasteiger partial charge in [-0.1, -0.05) is 65.0 Å². The number of hydrogen-bond acceptors (Lipinski definition) is 6. The summed E-state index contributed by atoms with van der Waals surface area (Å²) in [5.41, 5.74) is 2.38. The Hall–Kier alpha value is -0.930. The third kappa shape index (κ3) is 6.94. The summed E-state index contributed by atoms with van der Waals surface area (Å²) < 4.78 is 24.4. The molecule has 6 nitrogen and oxygen atoms in total. The summed E-state index contributed by atoms with van der Waals surface area (Å²) >= 11 is 2.22. The lowest BCUT2D eigenvalue weighted by atomic mass is 9.47. The SMILES string of the molecule is CCCCC[C@@H](C)[C@H]1CC[C@H]2[C@@H]3CC=C4C[C@@H](OC5OC(COC(C)=O)C(OC(C)=O)C=C5I)CC[C@]4(C)[C@H]3CC[C@]12C. The van der Waals surface area contributed by atoms with Gasteiger partial charge in [-0.2, -0.15) is 0 Å². The molecule has 3 fully saturated rings. The van der Waals surface area contributed by atoms with Crippen LogP contribution in [-0.2, 0) is 28.5 Å². The molecule has 0 saturated heterocycles. The highest BCUT2D eigenvalue weighted by molar-refractivity contribution is 14.1. The maximum atomic E-state index is 11.7. The van der Waals surface area contributed by atoms with Crippen LogP contribution in [0.4, 0.5) is 0 Å². The van der Waals surface area contributed by atoms with Crippen molar-refractivity contribution in [2.45, 2.75) is 143 Å². The molecule has 7 heteroatoms. The summed E-state index contributed by atoms with van der Waals surface area (Å²) in [6, 6.07) is 0. The molecule has 0 spiro atoms. The third-order valence-electron chi connectivity index (χ3n) is 12.4. The summed E-state index contributed by atoms with van der Waals surface area (Å²) in [5.74, 6) is 3.44. The van der Waals surface area contributed by atoms with Gasteiger partial charge < -0.3 is 18.9 Å². The van der Waals surface area contributed by atoms with Crippen molar-refractivity contribution in [3.05, 3.63) is 21.3 Å². The second kappa shape index (κ2) is 13.8. The Labute approximate surface area is 273 Å². The fourth-order valence-electron chi connectivity index (χ4n) is 10.2. The molecule has 0 N–H and O–H groups in total. The van der Waals surface area contributed by atoms with E-state index in [9.17, 15) is 9.59 Å². The van der Waals surface area contributed by atoms with Crippen molar-refractivity contribution in [2.24, 2.45) is 40.4 Å². The van der Waals surface area contributed by atoms with Crippen molar-refractivity contribution < 1.29 is 28.5 Å². The van der Waals surface area contributed by atoms with Gasteiger partial charge in [0.1, 0.15) is 12.7 Å². The van der Waals surface area contributed by atoms with E-state index in [4.69, 9.17) is 18.9 Å². The fraction of sp³-hybridized carbons (Fsp3) is 0.833. The number of allylic oxidation sites excluding steroid dienone is 1. The van der Waals surface area contributed by atoms with E-state index in [1.54, 1.807) is 5.57 Å². The quantitative estimate of drug-likeness (QED) is 0.0978. The Morgan fingerprint density at radius 1 is 1.07 bits per heavy atom. The maximum absolute atomic E-state index is 11.7. The first-order chi connectivity index (χ1) is 20.5. The number of carbonyl (C=O) groups is 2. The van der Waals surface area contributed by atoms with Crippen molar-refractivity contribution >= 4 is 34.5 Å². The summed E-state index contributed by atoms with van der Waals surface area (Å²) in [4.78, 5) is 23.2. The number of fused-ring (bicyclic) bond motifs is 5. The van der Waals surface area contributed by atoms with Gasteiger partial charge in [-0.15, -0.1) is 0 Å². The van der Waals surface area contributed by atoms with Crippen LogP contribution >= 0.6 is 22.6 Å². The molecule has 1 heterocycles. The zero-order valence-electron chi connectivity index (χ0n) is 27.4. The first-order valence-electron chi connectivity index (χ1n) is 17.1. The first-order valence-corrected chi connectivity index (χ1v) is 18.2. The molecule has 0 radical (unpaired) electrons. The summed E-state index contributed by atoms with van der Waals surface area (Å²) in [6.07, 6.45) is 18.3. The molecule has 0 bridgehead atoms. The zero-order chi connectivity index (χ0) is 30.9. The molecule has 3 saturated carbocycles. The summed E-state index contributed by atoms with van der Waals surface area (Å²) in [5, 5.41) is 0. The Kier molecular flexibility index (Phi) is 10.7. The van der Waals surface area contributed by atoms with Crippen LogP contribution in [0.15, 0.2) is 21.3 Å². The van der Waals surface area contributed by atoms with Crippen molar-refractivity contribution in [1.82, 2.24) is 0 Å². The lowest BCUT2D eigenvalue weighted by Crippen LogP contribution is -2.51. The second-order valence-corrected chi connectivity index (χ2v) is 16.1. The molecule has 0 aromatic heterocycles. The van der Waals surface area contributed by atoms with Crippen molar-refractivity contribution in [2.75, 3.05) is 6.61 Å². The second-order valence-electron chi connectivity index (χ2n) is 14.9. The van der Waals surface area contributed by atoms with Gasteiger partial charge in [0.25, 0.3) is 0 Å². The summed E-state index contributed by atoms with van der Waals surface area (Å²) in [7, 11) is 0. The molecule has 5 aliphatic rings. The minimum absolute atomic E-state index is 0.0168. The van der Waals surface area contributed by atoms with Crippen LogP contribution < -0.4 is 0 Å². The van der Waals surface area contributed by atoms with E-state index in [1.165, 1.54) is 71.6 Å². The van der Waals surface area contributed by atoms with Crippen LogP contribution in [-0.4, -0.2) is 43.1 Å². The van der Waals surface area contributed by atoms with E-state index in [0.717, 1.165) is 52.4 Å². The zero-order valence-corrected chi connectivity index (χ0v) is 29.5. The standard InChI is InChI=1S/C36H55IO6/c1-7-8-9-10-22(2)28-13-14-29-27-12-11-25-19-26(15-17-35(25,5)30(27)16-18-36(28,29)6)42-34-31(37)20-32(41-24(4)39)33(43-34)21-40-23(3)38/h11,20,22,26-30,32-34H,7-10,12-19,21H2,1-6H3/t22-,26+,27+,28-,29+,30+,32?,33?,34?,35+,36-/m1/s1. The monoisotopic (exact) mass is 710 g/mol. The molecule has 4 aliphatic carbocycles. The number of halogens is 1. The molecule has 0 aromatic carbocycles. The largest absolute Gasteiger partial charge is 0.463 e. The molecule has 3 unspecified atom stereocenters. The molecular weight excluding hydrogens is 655 g/mol. The number of rotatable bonds is 10. The lowest BCUT2D eigenvalue weighted by molar-refractivity contribution is -0.214. The van der Waals surface area contributed by atoms with Crippen LogP contribution in [0.1, 0.15) is 119 Å². The average Bonchev–Trinajstić information content (AvgIpc) is 3.31. The highest BCUT2D eigenvalue weighted by atomic mass is 127. The van der Waals surface area contributed by atoms with Gasteiger partial charge in [-0.05, 0) is 120 Å². The van der Waals surface area contributed by atoms with Crippen LogP contribution in [0.5, 0.6) is 0 Å². The molecule has 0 aromatic rings. The number of unbranched alkanes of at least 4 members (excludes halogenated alkanes) is 2. The minimum atomic E-state index is -0.609. The van der Waals surface area contributed by atoms with Gasteiger partial charge in [0, 0.05) is 17.4 Å². The lowest BCUT2D eigenvalue weighted by Gasteiger charge is -2.58. The number of hydrogen-bond donors (Lipinski definition) is 0. The highest BCUT2D eigenvalue weighted by Gasteiger charge is 2.59. The van der Waals surface area contributed by atoms with Crippen LogP contribution in [0, 0.1) is 40.4 Å². The first kappa shape index (κ1) is 33.4. The molecule has 242 valence electrons. The van der Waals surface area contributed by atoms with Crippen molar-refractivity contribution in [3.8, 4) is 0 Å². The predicted octanol–water partition coefficient (Wildman–Crippen LogP) is 8.71. The average molecular weight is 711 g/mol. The van der Waals surface area contributed by atoms with Crippen LogP contribution in [0.3, 0.4) is 0 Å². The van der Waals surface area contributed by atoms with E-state index in [1.807, 2.05) is 6.08 Å². The Morgan fingerprint density at radius 2 is 1.86 bits per heavy atom. The van der Waals surface area contributed by atoms with E-state index in [-0.39, 0.29) is 18.1 Å². The van der Waals surface area contributed by atoms with E-state index in [0.29, 0.717) is 5.41 Å². The third-order valence-corrected chi connectivity index (χ3v) is 13.2. The highest BCUT2D eigenvalue weighted by Crippen LogP contribution is 2.67. The molecule has 43 heavy (non-hydrogen) atoms. The fourth-order valence-corrected chi connectivity index (χ4v) is 10.8. The van der Waals surface area contributed by atoms with Crippen molar-refractivity contribution in [1.29, 1.82) is 0 Å². The maximum Gasteiger partial charge on any atom is 0.303 e.